The molecule has 2 rings (SSSR count). The molecule has 3 atom stereocenters. The van der Waals surface area contributed by atoms with Gasteiger partial charge in [0, 0.05) is 6.21 Å². The zero-order valence-electron chi connectivity index (χ0n) is 21.3. The van der Waals surface area contributed by atoms with Crippen molar-refractivity contribution in [2.75, 3.05) is 0 Å². The highest BCUT2D eigenvalue weighted by Gasteiger charge is 2.60. The zero-order chi connectivity index (χ0) is 26.2. The molecular weight excluding hydrogens is 444 g/mol. The molecule has 2 amide bonds. The highest BCUT2D eigenvalue weighted by molar-refractivity contribution is 6.15. The van der Waals surface area contributed by atoms with Gasteiger partial charge in [-0.1, -0.05) is 69.7 Å². The minimum atomic E-state index is -1.66. The first kappa shape index (κ1) is 28.1. The first-order chi connectivity index (χ1) is 16.6. The fourth-order valence-electron chi connectivity index (χ4n) is 5.13. The van der Waals surface area contributed by atoms with Crippen molar-refractivity contribution in [3.63, 3.8) is 0 Å². The summed E-state index contributed by atoms with van der Waals surface area (Å²) in [6.07, 6.45) is 6.37. The molecule has 8 nitrogen and oxygen atoms in total. The lowest BCUT2D eigenvalue weighted by molar-refractivity contribution is -0.151. The van der Waals surface area contributed by atoms with Crippen molar-refractivity contribution in [3.8, 4) is 0 Å². The topological polar surface area (TPSA) is 134 Å². The first-order valence-electron chi connectivity index (χ1n) is 12.0. The van der Waals surface area contributed by atoms with Crippen LogP contribution in [0.1, 0.15) is 65.9 Å². The van der Waals surface area contributed by atoms with Gasteiger partial charge in [-0.3, -0.25) is 30.0 Å². The van der Waals surface area contributed by atoms with E-state index in [0.29, 0.717) is 12.0 Å². The molecule has 0 saturated carbocycles. The molecule has 1 aliphatic rings. The van der Waals surface area contributed by atoms with Gasteiger partial charge in [-0.05, 0) is 55.7 Å². The van der Waals surface area contributed by atoms with E-state index in [-0.39, 0.29) is 25.2 Å². The molecule has 0 aliphatic carbocycles. The van der Waals surface area contributed by atoms with Crippen LogP contribution in [0.2, 0.25) is 0 Å². The third kappa shape index (κ3) is 5.60. The largest absolute Gasteiger partial charge is 0.295 e. The van der Waals surface area contributed by atoms with Gasteiger partial charge in [0.25, 0.3) is 0 Å². The third-order valence-corrected chi connectivity index (χ3v) is 6.82. The number of nitrogens with one attached hydrogen (secondary N) is 2. The number of ketones is 1. The van der Waals surface area contributed by atoms with Crippen molar-refractivity contribution >= 4 is 29.9 Å². The molecule has 1 aromatic carbocycles. The van der Waals surface area contributed by atoms with Gasteiger partial charge in [-0.15, -0.1) is 0 Å². The van der Waals surface area contributed by atoms with Crippen LogP contribution in [0.4, 0.5) is 0 Å². The number of benzene rings is 1. The van der Waals surface area contributed by atoms with E-state index in [2.05, 4.69) is 10.4 Å². The van der Waals surface area contributed by atoms with Crippen molar-refractivity contribution in [2.24, 2.45) is 28.1 Å². The normalized spacial score (nSPS) is 20.2. The molecule has 0 bridgehead atoms. The van der Waals surface area contributed by atoms with Gasteiger partial charge in [-0.2, -0.15) is 0 Å². The summed E-state index contributed by atoms with van der Waals surface area (Å²) in [4.78, 5) is 45.6. The summed E-state index contributed by atoms with van der Waals surface area (Å²) in [5, 5.41) is 9.64. The van der Waals surface area contributed by atoms with Crippen LogP contribution in [0.25, 0.3) is 6.08 Å². The molecule has 0 aromatic heterocycles. The van der Waals surface area contributed by atoms with E-state index in [0.717, 1.165) is 11.1 Å². The van der Waals surface area contributed by atoms with E-state index >= 15 is 0 Å². The molecule has 190 valence electrons. The standard InChI is InChI=1S/C27H38N4O4/c1-6-15-26(16-18(2)3,25(34)30-28)24(33)27(20(5)19(4)17-29-27)22(23(32)31-35)14-10-13-21-11-8-7-9-12-21/h7-13,17-18,22,35H,6,14-16,28H2,1-5H3,(H,30,34)(H,31,32)/t22-,26?,27+/m1/s1. The number of hydrogen-bond donors (Lipinski definition) is 4. The van der Waals surface area contributed by atoms with Gasteiger partial charge in [0.05, 0.1) is 5.92 Å². The van der Waals surface area contributed by atoms with Gasteiger partial charge >= 0.3 is 0 Å². The van der Waals surface area contributed by atoms with Crippen molar-refractivity contribution in [1.29, 1.82) is 0 Å². The smallest absolute Gasteiger partial charge is 0.250 e. The second-order valence-corrected chi connectivity index (χ2v) is 9.64. The van der Waals surface area contributed by atoms with E-state index in [1.54, 1.807) is 24.7 Å². The van der Waals surface area contributed by atoms with E-state index in [4.69, 9.17) is 5.84 Å². The van der Waals surface area contributed by atoms with Gasteiger partial charge in [-0.25, -0.2) is 11.3 Å². The average molecular weight is 483 g/mol. The molecule has 0 fully saturated rings. The highest BCUT2D eigenvalue weighted by Crippen LogP contribution is 2.47. The Morgan fingerprint density at radius 3 is 2.34 bits per heavy atom. The van der Waals surface area contributed by atoms with Crippen molar-refractivity contribution in [3.05, 3.63) is 53.1 Å². The summed E-state index contributed by atoms with van der Waals surface area (Å²) in [6, 6.07) is 9.54. The molecule has 1 aromatic rings. The number of Topliss-reactive ketones (excluding diaryl/α,β-unsaturated/α-hetero) is 1. The number of hydroxylamine groups is 1. The molecule has 35 heavy (non-hydrogen) atoms. The Morgan fingerprint density at radius 2 is 1.86 bits per heavy atom. The zero-order valence-corrected chi connectivity index (χ0v) is 21.3. The van der Waals surface area contributed by atoms with Gasteiger partial charge in [0.2, 0.25) is 11.8 Å². The van der Waals surface area contributed by atoms with Crippen molar-refractivity contribution < 1.29 is 19.6 Å². The molecule has 5 N–H and O–H groups in total. The SMILES string of the molecule is CCCC(CC(C)C)(C(=O)NN)C(=O)[C@]1([C@H](CC=Cc2ccccc2)C(=O)NO)N=CC(C)=C1C. The number of hydrogen-bond acceptors (Lipinski definition) is 6. The number of carbonyl (C=O) groups excluding carboxylic acids is 3. The lowest BCUT2D eigenvalue weighted by Crippen LogP contribution is -2.61. The molecule has 1 heterocycles. The Bertz CT molecular complexity index is 1020. The van der Waals surface area contributed by atoms with E-state index in [9.17, 15) is 19.6 Å². The number of nitrogens with two attached hydrogens (primary N) is 1. The van der Waals surface area contributed by atoms with Crippen molar-refractivity contribution in [1.82, 2.24) is 10.9 Å². The quantitative estimate of drug-likeness (QED) is 0.118. The number of allylic oxidation sites excluding steroid dienone is 2. The van der Waals surface area contributed by atoms with Crippen LogP contribution in [0.15, 0.2) is 52.5 Å². The van der Waals surface area contributed by atoms with Crippen LogP contribution in [0.5, 0.6) is 0 Å². The minimum absolute atomic E-state index is 0.00119. The maximum atomic E-state index is 14.6. The Hall–Kier alpha value is -3.10. The summed E-state index contributed by atoms with van der Waals surface area (Å²) in [5.41, 5.74) is 3.03. The monoisotopic (exact) mass is 482 g/mol. The van der Waals surface area contributed by atoms with Gasteiger partial charge in [0.15, 0.2) is 11.3 Å². The summed E-state index contributed by atoms with van der Waals surface area (Å²) < 4.78 is 0. The molecule has 8 heteroatoms. The minimum Gasteiger partial charge on any atom is -0.295 e. The first-order valence-corrected chi connectivity index (χ1v) is 12.0. The van der Waals surface area contributed by atoms with E-state index < -0.39 is 34.5 Å². The second kappa shape index (κ2) is 12.0. The Labute approximate surface area is 207 Å². The fourth-order valence-corrected chi connectivity index (χ4v) is 5.13. The molecular formula is C27H38N4O4. The lowest BCUT2D eigenvalue weighted by atomic mass is 9.61. The molecule has 1 aliphatic heterocycles. The predicted octanol–water partition coefficient (Wildman–Crippen LogP) is 3.76. The van der Waals surface area contributed by atoms with E-state index in [1.807, 2.05) is 64.1 Å². The lowest BCUT2D eigenvalue weighted by Gasteiger charge is -2.42. The van der Waals surface area contributed by atoms with Gasteiger partial charge in [0.1, 0.15) is 5.41 Å². The Kier molecular flexibility index (Phi) is 9.68. The van der Waals surface area contributed by atoms with Crippen LogP contribution < -0.4 is 16.7 Å². The molecule has 0 saturated heterocycles. The van der Waals surface area contributed by atoms with E-state index in [1.165, 1.54) is 0 Å². The van der Waals surface area contributed by atoms with Crippen LogP contribution in [-0.2, 0) is 14.4 Å². The number of rotatable bonds is 12. The average Bonchev–Trinajstić information content (AvgIpc) is 3.15. The fraction of sp³-hybridized carbons (Fsp3) is 0.481. The molecule has 0 radical (unpaired) electrons. The number of amides is 2. The van der Waals surface area contributed by atoms with Gasteiger partial charge < -0.3 is 0 Å². The number of carbonyl (C=O) groups is 3. The van der Waals surface area contributed by atoms with Crippen molar-refractivity contribution in [2.45, 2.75) is 65.8 Å². The predicted molar refractivity (Wildman–Crippen MR) is 137 cm³/mol. The maximum absolute atomic E-state index is 14.6. The Morgan fingerprint density at radius 1 is 1.20 bits per heavy atom. The summed E-state index contributed by atoms with van der Waals surface area (Å²) in [7, 11) is 0. The number of aliphatic imine (C=N–C) groups is 1. The molecule has 1 unspecified atom stereocenters. The third-order valence-electron chi connectivity index (χ3n) is 6.82. The second-order valence-electron chi connectivity index (χ2n) is 9.64. The van der Waals surface area contributed by atoms with Crippen LogP contribution >= 0.6 is 0 Å². The van der Waals surface area contributed by atoms with Crippen LogP contribution in [0, 0.1) is 17.3 Å². The maximum Gasteiger partial charge on any atom is 0.250 e. The summed E-state index contributed by atoms with van der Waals surface area (Å²) in [6.45, 7) is 9.33. The summed E-state index contributed by atoms with van der Waals surface area (Å²) >= 11 is 0. The number of hydrazine groups is 1. The molecule has 0 spiro atoms. The van der Waals surface area contributed by atoms with Crippen LogP contribution in [-0.4, -0.2) is 34.6 Å². The van der Waals surface area contributed by atoms with Crippen LogP contribution in [0.3, 0.4) is 0 Å². The summed E-state index contributed by atoms with van der Waals surface area (Å²) in [5.74, 6) is 2.69. The highest BCUT2D eigenvalue weighted by atomic mass is 16.5. The Balaban J connectivity index is 2.70. The number of nitrogens with zero attached hydrogens (tertiary/aromatic N) is 1.